The van der Waals surface area contributed by atoms with E-state index in [1.807, 2.05) is 13.0 Å². The number of esters is 1. The predicted octanol–water partition coefficient (Wildman–Crippen LogP) is 3.41. The Labute approximate surface area is 205 Å². The first kappa shape index (κ1) is 22.9. The smallest absolute Gasteiger partial charge is 0.308 e. The summed E-state index contributed by atoms with van der Waals surface area (Å²) in [7, 11) is 0. The highest BCUT2D eigenvalue weighted by Crippen LogP contribution is 2.60. The number of halogens is 3. The summed E-state index contributed by atoms with van der Waals surface area (Å²) in [5.74, 6) is -1.79. The number of hydrogen-bond donors (Lipinski definition) is 1. The van der Waals surface area contributed by atoms with Crippen LogP contribution in [0.5, 0.6) is 0 Å². The fourth-order valence-corrected chi connectivity index (χ4v) is 7.09. The Hall–Kier alpha value is -1.26. The van der Waals surface area contributed by atoms with E-state index >= 15 is 0 Å². The van der Waals surface area contributed by atoms with E-state index in [9.17, 15) is 19.2 Å². The zero-order chi connectivity index (χ0) is 22.4. The third kappa shape index (κ3) is 4.23. The van der Waals surface area contributed by atoms with Gasteiger partial charge in [-0.3, -0.25) is 24.1 Å². The summed E-state index contributed by atoms with van der Waals surface area (Å²) in [6.45, 7) is 1.45. The Morgan fingerprint density at radius 1 is 1.13 bits per heavy atom. The second-order valence-electron chi connectivity index (χ2n) is 8.25. The first-order valence-corrected chi connectivity index (χ1v) is 12.7. The molecule has 3 aliphatic rings. The number of likely N-dealkylation sites (tertiary alicyclic amines) is 1. The number of ether oxygens (including phenoxy) is 1. The molecule has 10 heteroatoms. The van der Waals surface area contributed by atoms with Gasteiger partial charge < -0.3 is 10.1 Å². The number of rotatable bonds is 6. The zero-order valence-corrected chi connectivity index (χ0v) is 21.4. The van der Waals surface area contributed by atoms with Crippen molar-refractivity contribution in [3.05, 3.63) is 28.2 Å². The van der Waals surface area contributed by atoms with Gasteiger partial charge in [0.15, 0.2) is 6.61 Å². The van der Waals surface area contributed by atoms with Gasteiger partial charge in [0.25, 0.3) is 5.91 Å². The van der Waals surface area contributed by atoms with Gasteiger partial charge in [-0.1, -0.05) is 47.8 Å². The number of benzene rings is 1. The van der Waals surface area contributed by atoms with E-state index in [0.29, 0.717) is 5.69 Å². The number of fused-ring (bicyclic) bond motifs is 5. The van der Waals surface area contributed by atoms with Crippen molar-refractivity contribution in [2.45, 2.75) is 29.4 Å². The third-order valence-corrected chi connectivity index (χ3v) is 10.5. The molecule has 0 spiro atoms. The summed E-state index contributed by atoms with van der Waals surface area (Å²) in [5.41, 5.74) is 1.57. The van der Waals surface area contributed by atoms with Crippen LogP contribution in [0.4, 0.5) is 5.69 Å². The molecule has 2 saturated carbocycles. The highest BCUT2D eigenvalue weighted by atomic mass is 79.9. The largest absolute Gasteiger partial charge is 0.456 e. The highest BCUT2D eigenvalue weighted by Gasteiger charge is 2.66. The predicted molar refractivity (Wildman–Crippen MR) is 124 cm³/mol. The maximum absolute atomic E-state index is 12.8. The molecule has 1 saturated heterocycles. The fourth-order valence-electron chi connectivity index (χ4n) is 4.97. The maximum atomic E-state index is 12.8. The number of imide groups is 1. The average molecular weight is 621 g/mol. The van der Waals surface area contributed by atoms with Crippen molar-refractivity contribution in [3.63, 3.8) is 0 Å². The lowest BCUT2D eigenvalue weighted by molar-refractivity contribution is -0.149. The molecule has 7 nitrogen and oxygen atoms in total. The minimum absolute atomic E-state index is 0.0175. The summed E-state index contributed by atoms with van der Waals surface area (Å²) in [6, 6.07) is 5.35. The molecule has 1 aromatic carbocycles. The lowest BCUT2D eigenvalue weighted by Crippen LogP contribution is -2.37. The van der Waals surface area contributed by atoms with Crippen molar-refractivity contribution in [2.75, 3.05) is 18.5 Å². The minimum Gasteiger partial charge on any atom is -0.456 e. The van der Waals surface area contributed by atoms with Crippen LogP contribution in [0.1, 0.15) is 18.4 Å². The van der Waals surface area contributed by atoms with Crippen LogP contribution in [0.25, 0.3) is 0 Å². The van der Waals surface area contributed by atoms with Crippen LogP contribution in [-0.2, 0) is 23.9 Å². The Morgan fingerprint density at radius 2 is 1.74 bits per heavy atom. The number of carbonyl (C=O) groups excluding carboxylic acids is 4. The van der Waals surface area contributed by atoms with Gasteiger partial charge in [-0.2, -0.15) is 0 Å². The number of amides is 3. The lowest BCUT2D eigenvalue weighted by atomic mass is 9.81. The van der Waals surface area contributed by atoms with Crippen LogP contribution >= 0.6 is 47.8 Å². The normalized spacial score (nSPS) is 31.2. The molecule has 1 heterocycles. The van der Waals surface area contributed by atoms with Crippen molar-refractivity contribution in [1.82, 2.24) is 4.90 Å². The van der Waals surface area contributed by atoms with Gasteiger partial charge in [-0.25, -0.2) is 0 Å². The molecule has 1 aliphatic heterocycles. The van der Waals surface area contributed by atoms with E-state index in [4.69, 9.17) is 4.74 Å². The number of carbonyl (C=O) groups is 4. The SMILES string of the molecule is Cc1cc(NC(=O)COC(=O)CCN2C(=O)[C@@H]3[C@H]4C[C@@H]([C@H](Br)[C@H]4Br)[C@@H]3C2=O)ccc1Br. The summed E-state index contributed by atoms with van der Waals surface area (Å²) in [5, 5.41) is 2.66. The van der Waals surface area contributed by atoms with Gasteiger partial charge in [-0.15, -0.1) is 0 Å². The van der Waals surface area contributed by atoms with Gasteiger partial charge in [0.1, 0.15) is 0 Å². The van der Waals surface area contributed by atoms with Gasteiger partial charge in [-0.05, 0) is 48.9 Å². The first-order chi connectivity index (χ1) is 14.7. The number of nitrogens with one attached hydrogen (secondary N) is 1. The van der Waals surface area contributed by atoms with Gasteiger partial charge in [0, 0.05) is 26.4 Å². The standard InChI is InChI=1S/C21H21Br3N2O5/c1-9-6-10(2-3-13(9)22)25-14(27)8-31-15(28)4-5-26-20(29)16-11-7-12(17(16)21(26)30)19(24)18(11)23/h2-3,6,11-12,16-19H,4-5,7-8H2,1H3,(H,25,27)/t11-,12-,16-,17+,18+,19+/m1/s1. The maximum Gasteiger partial charge on any atom is 0.308 e. The zero-order valence-electron chi connectivity index (χ0n) is 16.6. The molecule has 166 valence electrons. The summed E-state index contributed by atoms with van der Waals surface area (Å²) >= 11 is 10.7. The molecular formula is C21H21Br3N2O5. The Kier molecular flexibility index (Phi) is 6.61. The fraction of sp³-hybridized carbons (Fsp3) is 0.524. The van der Waals surface area contributed by atoms with Gasteiger partial charge in [0.05, 0.1) is 18.3 Å². The van der Waals surface area contributed by atoms with E-state index in [1.165, 1.54) is 4.90 Å². The van der Waals surface area contributed by atoms with E-state index in [-0.39, 0.29) is 58.1 Å². The highest BCUT2D eigenvalue weighted by molar-refractivity contribution is 9.12. The van der Waals surface area contributed by atoms with Crippen LogP contribution in [0.3, 0.4) is 0 Å². The molecule has 0 aromatic heterocycles. The van der Waals surface area contributed by atoms with E-state index < -0.39 is 18.5 Å². The minimum atomic E-state index is -0.625. The number of anilines is 1. The molecule has 1 aromatic rings. The molecule has 2 aliphatic carbocycles. The van der Waals surface area contributed by atoms with Crippen LogP contribution in [0.15, 0.2) is 22.7 Å². The van der Waals surface area contributed by atoms with Crippen LogP contribution in [0.2, 0.25) is 0 Å². The molecular weight excluding hydrogens is 600 g/mol. The Bertz CT molecular complexity index is 923. The molecule has 31 heavy (non-hydrogen) atoms. The van der Waals surface area contributed by atoms with E-state index in [2.05, 4.69) is 53.1 Å². The Balaban J connectivity index is 1.26. The molecule has 2 bridgehead atoms. The average Bonchev–Trinajstić information content (AvgIpc) is 3.33. The van der Waals surface area contributed by atoms with Crippen molar-refractivity contribution in [1.29, 1.82) is 0 Å². The molecule has 6 atom stereocenters. The summed E-state index contributed by atoms with van der Waals surface area (Å²) in [6.07, 6.45) is 0.730. The monoisotopic (exact) mass is 618 g/mol. The second kappa shape index (κ2) is 8.94. The van der Waals surface area contributed by atoms with Crippen molar-refractivity contribution < 1.29 is 23.9 Å². The van der Waals surface area contributed by atoms with Crippen LogP contribution in [-0.4, -0.2) is 51.4 Å². The quantitative estimate of drug-likeness (QED) is 0.299. The lowest BCUT2D eigenvalue weighted by Gasteiger charge is -2.28. The number of nitrogens with zero attached hydrogens (tertiary/aromatic N) is 1. The molecule has 3 amide bonds. The van der Waals surface area contributed by atoms with E-state index in [0.717, 1.165) is 16.5 Å². The molecule has 0 radical (unpaired) electrons. The third-order valence-electron chi connectivity index (χ3n) is 6.42. The van der Waals surface area contributed by atoms with Gasteiger partial charge in [0.2, 0.25) is 11.8 Å². The number of aryl methyl sites for hydroxylation is 1. The first-order valence-electron chi connectivity index (χ1n) is 10.0. The summed E-state index contributed by atoms with van der Waals surface area (Å²) < 4.78 is 5.95. The topological polar surface area (TPSA) is 92.8 Å². The van der Waals surface area contributed by atoms with Crippen molar-refractivity contribution in [3.8, 4) is 0 Å². The second-order valence-corrected chi connectivity index (χ2v) is 11.2. The molecule has 4 rings (SSSR count). The van der Waals surface area contributed by atoms with Gasteiger partial charge >= 0.3 is 5.97 Å². The molecule has 1 N–H and O–H groups in total. The molecule has 3 fully saturated rings. The number of alkyl halides is 2. The van der Waals surface area contributed by atoms with Crippen LogP contribution < -0.4 is 5.32 Å². The van der Waals surface area contributed by atoms with E-state index in [1.54, 1.807) is 12.1 Å². The Morgan fingerprint density at radius 3 is 2.32 bits per heavy atom. The van der Waals surface area contributed by atoms with Crippen LogP contribution in [0, 0.1) is 30.6 Å². The van der Waals surface area contributed by atoms with Crippen molar-refractivity contribution >= 4 is 77.2 Å². The summed E-state index contributed by atoms with van der Waals surface area (Å²) in [4.78, 5) is 51.3. The van der Waals surface area contributed by atoms with Crippen molar-refractivity contribution in [2.24, 2.45) is 23.7 Å². The molecule has 0 unspecified atom stereocenters. The number of hydrogen-bond acceptors (Lipinski definition) is 5.